The first kappa shape index (κ1) is 28.1. The molecule has 38 heavy (non-hydrogen) atoms. The van der Waals surface area contributed by atoms with Gasteiger partial charge in [-0.15, -0.1) is 0 Å². The number of carbonyl (C=O) groups is 2. The molecule has 200 valence electrons. The van der Waals surface area contributed by atoms with Crippen LogP contribution in [0.4, 0.5) is 5.69 Å². The fourth-order valence-corrected chi connectivity index (χ4v) is 5.92. The van der Waals surface area contributed by atoms with Crippen LogP contribution >= 0.6 is 23.2 Å². The van der Waals surface area contributed by atoms with E-state index in [1.54, 1.807) is 54.6 Å². The van der Waals surface area contributed by atoms with Gasteiger partial charge in [-0.2, -0.15) is 4.31 Å². The summed E-state index contributed by atoms with van der Waals surface area (Å²) in [6, 6.07) is 19.2. The minimum absolute atomic E-state index is 0.0593. The van der Waals surface area contributed by atoms with Crippen molar-refractivity contribution in [3.8, 4) is 0 Å². The predicted octanol–water partition coefficient (Wildman–Crippen LogP) is 4.21. The summed E-state index contributed by atoms with van der Waals surface area (Å²) in [5, 5.41) is 3.44. The minimum Gasteiger partial charge on any atom is -0.336 e. The highest BCUT2D eigenvalue weighted by Gasteiger charge is 2.28. The third kappa shape index (κ3) is 6.92. The predicted molar refractivity (Wildman–Crippen MR) is 149 cm³/mol. The van der Waals surface area contributed by atoms with Crippen molar-refractivity contribution in [3.05, 3.63) is 94.0 Å². The monoisotopic (exact) mass is 574 g/mol. The van der Waals surface area contributed by atoms with Crippen molar-refractivity contribution in [1.29, 1.82) is 0 Å². The van der Waals surface area contributed by atoms with Crippen LogP contribution in [-0.2, 0) is 21.4 Å². The third-order valence-corrected chi connectivity index (χ3v) is 8.66. The SMILES string of the molecule is CN1CCN(C(=O)c2ccc(NC(=O)CN(Cc3ccc(Cl)cc3Cl)S(=O)(=O)c3ccccc3)cc2)CC1. The zero-order chi connectivity index (χ0) is 27.3. The first-order chi connectivity index (χ1) is 18.1. The summed E-state index contributed by atoms with van der Waals surface area (Å²) < 4.78 is 27.9. The number of amides is 2. The summed E-state index contributed by atoms with van der Waals surface area (Å²) in [5.74, 6) is -0.594. The van der Waals surface area contributed by atoms with Gasteiger partial charge in [0.2, 0.25) is 15.9 Å². The summed E-state index contributed by atoms with van der Waals surface area (Å²) >= 11 is 12.3. The molecule has 4 rings (SSSR count). The van der Waals surface area contributed by atoms with E-state index in [0.717, 1.165) is 17.4 Å². The number of likely N-dealkylation sites (N-methyl/N-ethyl adjacent to an activating group) is 1. The molecule has 0 bridgehead atoms. The number of piperazine rings is 1. The molecule has 2 amide bonds. The molecule has 0 unspecified atom stereocenters. The minimum atomic E-state index is -4.02. The molecule has 3 aromatic carbocycles. The van der Waals surface area contributed by atoms with Gasteiger partial charge in [-0.25, -0.2) is 8.42 Å². The average molecular weight is 576 g/mol. The molecule has 3 aromatic rings. The molecule has 8 nitrogen and oxygen atoms in total. The number of halogens is 2. The summed E-state index contributed by atoms with van der Waals surface area (Å²) in [5.41, 5.74) is 1.49. The Bertz CT molecular complexity index is 1390. The maximum atomic E-state index is 13.4. The molecular weight excluding hydrogens is 547 g/mol. The molecule has 11 heteroatoms. The van der Waals surface area contributed by atoms with Gasteiger partial charge in [0.25, 0.3) is 5.91 Å². The molecule has 1 heterocycles. The van der Waals surface area contributed by atoms with Crippen LogP contribution in [0.5, 0.6) is 0 Å². The van der Waals surface area contributed by atoms with Crippen molar-refractivity contribution >= 4 is 50.7 Å². The van der Waals surface area contributed by atoms with Crippen LogP contribution in [0.1, 0.15) is 15.9 Å². The first-order valence-electron chi connectivity index (χ1n) is 12.0. The molecule has 0 aromatic heterocycles. The number of nitrogens with zero attached hydrogens (tertiary/aromatic N) is 3. The van der Waals surface area contributed by atoms with Gasteiger partial charge in [-0.05, 0) is 61.1 Å². The highest BCUT2D eigenvalue weighted by molar-refractivity contribution is 7.89. The molecule has 0 saturated carbocycles. The van der Waals surface area contributed by atoms with Gasteiger partial charge in [0.05, 0.1) is 11.4 Å². The van der Waals surface area contributed by atoms with Gasteiger partial charge in [0, 0.05) is 54.0 Å². The molecule has 0 spiro atoms. The van der Waals surface area contributed by atoms with Gasteiger partial charge in [-0.1, -0.05) is 47.5 Å². The first-order valence-corrected chi connectivity index (χ1v) is 14.2. The summed E-state index contributed by atoms with van der Waals surface area (Å²) in [4.78, 5) is 29.8. The van der Waals surface area contributed by atoms with Crippen LogP contribution in [-0.4, -0.2) is 74.1 Å². The second-order valence-electron chi connectivity index (χ2n) is 9.04. The molecule has 0 aliphatic carbocycles. The van der Waals surface area contributed by atoms with E-state index in [9.17, 15) is 18.0 Å². The van der Waals surface area contributed by atoms with Crippen molar-refractivity contribution in [2.24, 2.45) is 0 Å². The average Bonchev–Trinajstić information content (AvgIpc) is 2.90. The summed E-state index contributed by atoms with van der Waals surface area (Å²) in [6.07, 6.45) is 0. The molecule has 1 aliphatic rings. The van der Waals surface area contributed by atoms with Crippen LogP contribution in [0.3, 0.4) is 0 Å². The van der Waals surface area contributed by atoms with Crippen LogP contribution < -0.4 is 5.32 Å². The lowest BCUT2D eigenvalue weighted by molar-refractivity contribution is -0.116. The normalized spacial score (nSPS) is 14.5. The zero-order valence-corrected chi connectivity index (χ0v) is 23.1. The Morgan fingerprint density at radius 1 is 0.921 bits per heavy atom. The van der Waals surface area contributed by atoms with E-state index < -0.39 is 22.5 Å². The van der Waals surface area contributed by atoms with E-state index in [1.807, 2.05) is 11.9 Å². The van der Waals surface area contributed by atoms with Gasteiger partial charge in [0.1, 0.15) is 0 Å². The van der Waals surface area contributed by atoms with Crippen LogP contribution in [0.2, 0.25) is 10.0 Å². The van der Waals surface area contributed by atoms with Crippen molar-refractivity contribution in [2.45, 2.75) is 11.4 Å². The van der Waals surface area contributed by atoms with E-state index in [-0.39, 0.29) is 17.3 Å². The van der Waals surface area contributed by atoms with Gasteiger partial charge in [-0.3, -0.25) is 9.59 Å². The maximum absolute atomic E-state index is 13.4. The Labute approximate surface area is 232 Å². The fourth-order valence-electron chi connectivity index (χ4n) is 4.06. The lowest BCUT2D eigenvalue weighted by atomic mass is 10.1. The smallest absolute Gasteiger partial charge is 0.253 e. The van der Waals surface area contributed by atoms with Crippen molar-refractivity contribution in [2.75, 3.05) is 45.1 Å². The number of rotatable bonds is 8. The second-order valence-corrected chi connectivity index (χ2v) is 11.8. The number of benzene rings is 3. The van der Waals surface area contributed by atoms with Crippen LogP contribution in [0, 0.1) is 0 Å². The summed E-state index contributed by atoms with van der Waals surface area (Å²) in [6.45, 7) is 2.40. The molecule has 0 atom stereocenters. The largest absolute Gasteiger partial charge is 0.336 e. The Kier molecular flexibility index (Phi) is 9.07. The Balaban J connectivity index is 1.48. The molecule has 1 N–H and O–H groups in total. The quantitative estimate of drug-likeness (QED) is 0.435. The van der Waals surface area contributed by atoms with Gasteiger partial charge in [0.15, 0.2) is 0 Å². The highest BCUT2D eigenvalue weighted by atomic mass is 35.5. The van der Waals surface area contributed by atoms with Crippen LogP contribution in [0.15, 0.2) is 77.7 Å². The zero-order valence-electron chi connectivity index (χ0n) is 20.8. The third-order valence-electron chi connectivity index (χ3n) is 6.27. The second kappa shape index (κ2) is 12.3. The van der Waals surface area contributed by atoms with Gasteiger partial charge < -0.3 is 15.1 Å². The fraction of sp³-hybridized carbons (Fsp3) is 0.259. The Morgan fingerprint density at radius 3 is 2.21 bits per heavy atom. The van der Waals surface area contributed by atoms with E-state index >= 15 is 0 Å². The Morgan fingerprint density at radius 2 is 1.58 bits per heavy atom. The lowest BCUT2D eigenvalue weighted by Crippen LogP contribution is -2.47. The number of sulfonamides is 1. The number of hydrogen-bond donors (Lipinski definition) is 1. The number of nitrogens with one attached hydrogen (secondary N) is 1. The topological polar surface area (TPSA) is 90.0 Å². The van der Waals surface area contributed by atoms with Crippen molar-refractivity contribution < 1.29 is 18.0 Å². The molecular formula is C27H28Cl2N4O4S. The van der Waals surface area contributed by atoms with Crippen molar-refractivity contribution in [3.63, 3.8) is 0 Å². The maximum Gasteiger partial charge on any atom is 0.253 e. The van der Waals surface area contributed by atoms with E-state index in [4.69, 9.17) is 23.2 Å². The van der Waals surface area contributed by atoms with E-state index in [0.29, 0.717) is 39.9 Å². The molecule has 1 saturated heterocycles. The molecule has 0 radical (unpaired) electrons. The number of carbonyl (C=O) groups excluding carboxylic acids is 2. The number of anilines is 1. The Hall–Kier alpha value is -2.95. The van der Waals surface area contributed by atoms with E-state index in [2.05, 4.69) is 10.2 Å². The van der Waals surface area contributed by atoms with Crippen molar-refractivity contribution in [1.82, 2.24) is 14.1 Å². The molecule has 1 fully saturated rings. The lowest BCUT2D eigenvalue weighted by Gasteiger charge is -2.32. The summed E-state index contributed by atoms with van der Waals surface area (Å²) in [7, 11) is -2.00. The van der Waals surface area contributed by atoms with Gasteiger partial charge >= 0.3 is 0 Å². The van der Waals surface area contributed by atoms with Crippen LogP contribution in [0.25, 0.3) is 0 Å². The van der Waals surface area contributed by atoms with E-state index in [1.165, 1.54) is 18.2 Å². The number of hydrogen-bond acceptors (Lipinski definition) is 5. The highest BCUT2D eigenvalue weighted by Crippen LogP contribution is 2.25. The standard InChI is InChI=1S/C27H28Cl2N4O4S/c1-31-13-15-32(16-14-31)27(35)20-8-11-23(12-9-20)30-26(34)19-33(18-21-7-10-22(28)17-25(21)29)38(36,37)24-5-3-2-4-6-24/h2-12,17H,13-16,18-19H2,1H3,(H,30,34). The molecule has 1 aliphatic heterocycles.